The Kier molecular flexibility index (Phi) is 6.94. The molecule has 1 aromatic heterocycles. The molecule has 0 bridgehead atoms. The Bertz CT molecular complexity index is 738. The predicted octanol–water partition coefficient (Wildman–Crippen LogP) is 3.92. The normalized spacial score (nSPS) is 10.9. The fourth-order valence-electron chi connectivity index (χ4n) is 2.38. The highest BCUT2D eigenvalue weighted by Gasteiger charge is 2.15. The maximum Gasteiger partial charge on any atom is 0.350 e. The van der Waals surface area contributed by atoms with Crippen molar-refractivity contribution in [1.82, 2.24) is 4.98 Å². The van der Waals surface area contributed by atoms with E-state index in [1.807, 2.05) is 12.1 Å². The summed E-state index contributed by atoms with van der Waals surface area (Å²) in [6, 6.07) is 8.19. The first-order valence-electron chi connectivity index (χ1n) is 8.37. The Morgan fingerprint density at radius 1 is 1.36 bits per heavy atom. The molecule has 0 amide bonds. The minimum atomic E-state index is -0.346. The molecule has 0 aliphatic carbocycles. The molecule has 25 heavy (non-hydrogen) atoms. The van der Waals surface area contributed by atoms with E-state index >= 15 is 0 Å². The average Bonchev–Trinajstić information content (AvgIpc) is 2.97. The van der Waals surface area contributed by atoms with Crippen LogP contribution in [0.5, 0.6) is 0 Å². The number of carbonyl (C=O) groups is 1. The van der Waals surface area contributed by atoms with Crippen molar-refractivity contribution in [1.29, 1.82) is 0 Å². The Balaban J connectivity index is 2.05. The lowest BCUT2D eigenvalue weighted by Gasteiger charge is -2.21. The number of benzene rings is 1. The van der Waals surface area contributed by atoms with Gasteiger partial charge in [-0.1, -0.05) is 23.5 Å². The molecule has 6 nitrogen and oxygen atoms in total. The highest BCUT2D eigenvalue weighted by molar-refractivity contribution is 7.17. The third-order valence-corrected chi connectivity index (χ3v) is 4.67. The summed E-state index contributed by atoms with van der Waals surface area (Å²) in [7, 11) is 0. The minimum absolute atomic E-state index is 0.346. The van der Waals surface area contributed by atoms with Crippen molar-refractivity contribution in [2.24, 2.45) is 5.10 Å². The minimum Gasteiger partial charge on any atom is -0.462 e. The van der Waals surface area contributed by atoms with E-state index in [0.717, 1.165) is 18.7 Å². The third kappa shape index (κ3) is 5.03. The van der Waals surface area contributed by atoms with Crippen LogP contribution in [-0.4, -0.2) is 36.9 Å². The third-order valence-electron chi connectivity index (χ3n) is 3.63. The summed E-state index contributed by atoms with van der Waals surface area (Å²) < 4.78 is 5.01. The van der Waals surface area contributed by atoms with E-state index in [9.17, 15) is 4.79 Å². The van der Waals surface area contributed by atoms with Gasteiger partial charge in [-0.15, -0.1) is 0 Å². The summed E-state index contributed by atoms with van der Waals surface area (Å²) in [4.78, 5) is 18.9. The maximum absolute atomic E-state index is 11.8. The monoisotopic (exact) mass is 360 g/mol. The van der Waals surface area contributed by atoms with Crippen LogP contribution >= 0.6 is 11.3 Å². The lowest BCUT2D eigenvalue weighted by molar-refractivity contribution is 0.0531. The molecule has 1 heterocycles. The van der Waals surface area contributed by atoms with Gasteiger partial charge in [-0.05, 0) is 45.4 Å². The van der Waals surface area contributed by atoms with Crippen LogP contribution in [0.2, 0.25) is 0 Å². The van der Waals surface area contributed by atoms with Crippen molar-refractivity contribution in [2.75, 3.05) is 30.0 Å². The number of hydrogen-bond acceptors (Lipinski definition) is 7. The average molecular weight is 360 g/mol. The first-order chi connectivity index (χ1) is 12.1. The topological polar surface area (TPSA) is 66.8 Å². The van der Waals surface area contributed by atoms with Crippen LogP contribution in [0, 0.1) is 6.92 Å². The van der Waals surface area contributed by atoms with E-state index in [-0.39, 0.29) is 5.97 Å². The molecule has 0 fully saturated rings. The molecule has 0 aliphatic heterocycles. The van der Waals surface area contributed by atoms with Gasteiger partial charge in [-0.25, -0.2) is 9.78 Å². The smallest absolute Gasteiger partial charge is 0.350 e. The summed E-state index contributed by atoms with van der Waals surface area (Å²) in [6.07, 6.45) is 1.74. The zero-order chi connectivity index (χ0) is 18.2. The number of nitrogens with one attached hydrogen (secondary N) is 1. The van der Waals surface area contributed by atoms with Gasteiger partial charge in [0.1, 0.15) is 4.88 Å². The van der Waals surface area contributed by atoms with Gasteiger partial charge in [0.2, 0.25) is 5.13 Å². The Morgan fingerprint density at radius 2 is 2.12 bits per heavy atom. The molecule has 0 aliphatic rings. The van der Waals surface area contributed by atoms with Gasteiger partial charge in [0.05, 0.1) is 18.5 Å². The summed E-state index contributed by atoms with van der Waals surface area (Å²) in [5.74, 6) is -0.346. The number of ether oxygens (including phenoxy) is 1. The van der Waals surface area contributed by atoms with E-state index in [1.165, 1.54) is 17.0 Å². The van der Waals surface area contributed by atoms with Crippen molar-refractivity contribution in [3.8, 4) is 0 Å². The van der Waals surface area contributed by atoms with E-state index in [4.69, 9.17) is 4.74 Å². The van der Waals surface area contributed by atoms with Crippen LogP contribution in [0.4, 0.5) is 10.8 Å². The number of rotatable bonds is 8. The second-order valence-corrected chi connectivity index (χ2v) is 6.29. The van der Waals surface area contributed by atoms with Crippen molar-refractivity contribution in [3.05, 3.63) is 40.4 Å². The highest BCUT2D eigenvalue weighted by atomic mass is 32.1. The fourth-order valence-corrected chi connectivity index (χ4v) is 3.19. The van der Waals surface area contributed by atoms with Crippen LogP contribution in [0.3, 0.4) is 0 Å². The molecule has 1 N–H and O–H groups in total. The highest BCUT2D eigenvalue weighted by Crippen LogP contribution is 2.23. The molecule has 0 spiro atoms. The molecule has 0 unspecified atom stereocenters. The molecular formula is C18H24N4O2S. The number of carbonyl (C=O) groups excluding carboxylic acids is 1. The number of nitrogens with zero attached hydrogens (tertiary/aromatic N) is 3. The van der Waals surface area contributed by atoms with Gasteiger partial charge in [-0.2, -0.15) is 5.10 Å². The van der Waals surface area contributed by atoms with Gasteiger partial charge in [0.15, 0.2) is 0 Å². The van der Waals surface area contributed by atoms with E-state index in [0.29, 0.717) is 22.3 Å². The lowest BCUT2D eigenvalue weighted by atomic mass is 10.2. The molecular weight excluding hydrogens is 336 g/mol. The lowest BCUT2D eigenvalue weighted by Crippen LogP contribution is -2.21. The summed E-state index contributed by atoms with van der Waals surface area (Å²) in [6.45, 7) is 10.1. The number of hydrogen-bond donors (Lipinski definition) is 1. The van der Waals surface area contributed by atoms with Crippen molar-refractivity contribution >= 4 is 34.3 Å². The van der Waals surface area contributed by atoms with E-state index < -0.39 is 0 Å². The Hall–Kier alpha value is -2.41. The quantitative estimate of drug-likeness (QED) is 0.439. The van der Waals surface area contributed by atoms with Crippen LogP contribution in [-0.2, 0) is 4.74 Å². The number of thiazole rings is 1. The Labute approximate surface area is 152 Å². The predicted molar refractivity (Wildman–Crippen MR) is 104 cm³/mol. The molecule has 0 atom stereocenters. The molecule has 0 saturated heterocycles. The molecule has 7 heteroatoms. The van der Waals surface area contributed by atoms with Crippen molar-refractivity contribution in [2.45, 2.75) is 27.7 Å². The second-order valence-electron chi connectivity index (χ2n) is 5.29. The van der Waals surface area contributed by atoms with Crippen LogP contribution < -0.4 is 10.3 Å². The molecule has 0 radical (unpaired) electrons. The van der Waals surface area contributed by atoms with Gasteiger partial charge in [-0.3, -0.25) is 5.43 Å². The van der Waals surface area contributed by atoms with Crippen molar-refractivity contribution < 1.29 is 9.53 Å². The largest absolute Gasteiger partial charge is 0.462 e. The first kappa shape index (κ1) is 18.9. The van der Waals surface area contributed by atoms with E-state index in [1.54, 1.807) is 20.1 Å². The van der Waals surface area contributed by atoms with Gasteiger partial charge < -0.3 is 9.64 Å². The van der Waals surface area contributed by atoms with Crippen LogP contribution in [0.15, 0.2) is 29.4 Å². The number of hydrazone groups is 1. The molecule has 1 aromatic carbocycles. The zero-order valence-corrected chi connectivity index (χ0v) is 15.9. The van der Waals surface area contributed by atoms with Gasteiger partial charge >= 0.3 is 5.97 Å². The Morgan fingerprint density at radius 3 is 2.80 bits per heavy atom. The number of aromatic nitrogens is 1. The number of anilines is 2. The molecule has 2 aromatic rings. The maximum atomic E-state index is 11.8. The summed E-state index contributed by atoms with van der Waals surface area (Å²) >= 11 is 1.24. The first-order valence-corrected chi connectivity index (χ1v) is 9.19. The SMILES string of the molecule is CCOC(=O)c1sc(N/N=C/c2cccc(N(CC)CC)c2)nc1C. The zero-order valence-electron chi connectivity index (χ0n) is 15.1. The van der Waals surface area contributed by atoms with Gasteiger partial charge in [0, 0.05) is 18.8 Å². The second kappa shape index (κ2) is 9.17. The fraction of sp³-hybridized carbons (Fsp3) is 0.389. The molecule has 2 rings (SSSR count). The number of aryl methyl sites for hydroxylation is 1. The summed E-state index contributed by atoms with van der Waals surface area (Å²) in [5, 5.41) is 4.79. The van der Waals surface area contributed by atoms with Crippen molar-refractivity contribution in [3.63, 3.8) is 0 Å². The van der Waals surface area contributed by atoms with Crippen LogP contribution in [0.1, 0.15) is 41.7 Å². The number of esters is 1. The van der Waals surface area contributed by atoms with Gasteiger partial charge in [0.25, 0.3) is 0 Å². The summed E-state index contributed by atoms with van der Waals surface area (Å²) in [5.41, 5.74) is 5.69. The van der Waals surface area contributed by atoms with Crippen LogP contribution in [0.25, 0.3) is 0 Å². The standard InChI is InChI=1S/C18H24N4O2S/c1-5-22(6-2)15-10-8-9-14(11-15)12-19-21-18-20-13(4)16(25-18)17(23)24-7-3/h8-12H,5-7H2,1-4H3,(H,20,21)/b19-12+. The molecule has 0 saturated carbocycles. The molecule has 134 valence electrons. The van der Waals surface area contributed by atoms with E-state index in [2.05, 4.69) is 46.4 Å².